The van der Waals surface area contributed by atoms with Crippen LogP contribution in [-0.2, 0) is 6.54 Å². The number of hydrazine groups is 1. The van der Waals surface area contributed by atoms with Gasteiger partial charge in [0.25, 0.3) is 0 Å². The van der Waals surface area contributed by atoms with Crippen molar-refractivity contribution in [2.75, 3.05) is 33.2 Å². The van der Waals surface area contributed by atoms with Gasteiger partial charge in [-0.05, 0) is 14.0 Å². The van der Waals surface area contributed by atoms with Crippen LogP contribution in [-0.4, -0.2) is 48.1 Å². The van der Waals surface area contributed by atoms with Crippen molar-refractivity contribution in [2.45, 2.75) is 13.5 Å². The van der Waals surface area contributed by atoms with E-state index in [1.54, 1.807) is 11.3 Å². The molecular weight excluding hydrogens is 208 g/mol. The van der Waals surface area contributed by atoms with Gasteiger partial charge in [-0.2, -0.15) is 0 Å². The summed E-state index contributed by atoms with van der Waals surface area (Å²) in [6.45, 7) is 7.46. The van der Waals surface area contributed by atoms with Gasteiger partial charge in [0.2, 0.25) is 0 Å². The van der Waals surface area contributed by atoms with Gasteiger partial charge in [0.1, 0.15) is 0 Å². The van der Waals surface area contributed by atoms with Crippen molar-refractivity contribution in [3.05, 3.63) is 16.1 Å². The van der Waals surface area contributed by atoms with Crippen LogP contribution in [0, 0.1) is 6.92 Å². The van der Waals surface area contributed by atoms with Gasteiger partial charge in [-0.3, -0.25) is 0 Å². The number of likely N-dealkylation sites (N-methyl/N-ethyl adjacent to an activating group) is 1. The number of aryl methyl sites for hydroxylation is 1. The minimum Gasteiger partial charge on any atom is -0.304 e. The quantitative estimate of drug-likeness (QED) is 0.822. The topological polar surface area (TPSA) is 31.4 Å². The Morgan fingerprint density at radius 2 is 2.13 bits per heavy atom. The van der Waals surface area contributed by atoms with E-state index >= 15 is 0 Å². The van der Waals surface area contributed by atoms with E-state index in [1.807, 2.05) is 13.1 Å². The number of nitrogens with one attached hydrogen (secondary N) is 1. The van der Waals surface area contributed by atoms with E-state index in [0.29, 0.717) is 0 Å². The summed E-state index contributed by atoms with van der Waals surface area (Å²) in [5.41, 5.74) is 3.45. The number of nitrogens with zero attached hydrogens (tertiary/aromatic N) is 3. The molecule has 0 spiro atoms. The van der Waals surface area contributed by atoms with Gasteiger partial charge in [0, 0.05) is 43.8 Å². The highest BCUT2D eigenvalue weighted by atomic mass is 32.1. The van der Waals surface area contributed by atoms with Gasteiger partial charge in [-0.25, -0.2) is 15.4 Å². The molecule has 1 N–H and O–H groups in total. The van der Waals surface area contributed by atoms with Crippen LogP contribution in [0.15, 0.2) is 6.20 Å². The lowest BCUT2D eigenvalue weighted by Gasteiger charge is -2.32. The van der Waals surface area contributed by atoms with E-state index in [1.165, 1.54) is 4.88 Å². The van der Waals surface area contributed by atoms with E-state index in [9.17, 15) is 0 Å². The van der Waals surface area contributed by atoms with Crippen LogP contribution in [0.5, 0.6) is 0 Å². The summed E-state index contributed by atoms with van der Waals surface area (Å²) >= 11 is 1.77. The summed E-state index contributed by atoms with van der Waals surface area (Å²) in [6, 6.07) is 0. The lowest BCUT2D eigenvalue weighted by atomic mass is 10.4. The molecular formula is C10H18N4S. The Bertz CT molecular complexity index is 304. The summed E-state index contributed by atoms with van der Waals surface area (Å²) in [5, 5.41) is 3.44. The van der Waals surface area contributed by atoms with E-state index in [-0.39, 0.29) is 0 Å². The molecule has 2 rings (SSSR count). The van der Waals surface area contributed by atoms with Crippen molar-refractivity contribution in [3.8, 4) is 0 Å². The van der Waals surface area contributed by atoms with Crippen LogP contribution < -0.4 is 5.43 Å². The molecule has 0 amide bonds. The zero-order chi connectivity index (χ0) is 10.7. The van der Waals surface area contributed by atoms with Crippen molar-refractivity contribution in [2.24, 2.45) is 0 Å². The summed E-state index contributed by atoms with van der Waals surface area (Å²) in [5.74, 6) is 0. The molecule has 0 radical (unpaired) electrons. The Balaban J connectivity index is 1.74. The van der Waals surface area contributed by atoms with Gasteiger partial charge >= 0.3 is 0 Å². The average Bonchev–Trinajstić information content (AvgIpc) is 2.64. The van der Waals surface area contributed by atoms with Crippen LogP contribution in [0.3, 0.4) is 0 Å². The fourth-order valence-corrected chi connectivity index (χ4v) is 2.37. The van der Waals surface area contributed by atoms with Crippen molar-refractivity contribution in [1.29, 1.82) is 0 Å². The molecule has 1 saturated heterocycles. The summed E-state index contributed by atoms with van der Waals surface area (Å²) in [4.78, 5) is 7.91. The fraction of sp³-hybridized carbons (Fsp3) is 0.700. The molecule has 5 heteroatoms. The van der Waals surface area contributed by atoms with Crippen molar-refractivity contribution >= 4 is 11.3 Å². The monoisotopic (exact) mass is 226 g/mol. The predicted octanol–water partition coefficient (Wildman–Crippen LogP) is 0.704. The molecule has 0 aromatic carbocycles. The minimum absolute atomic E-state index is 0.912. The second-order valence-corrected chi connectivity index (χ2v) is 5.29. The van der Waals surface area contributed by atoms with Crippen molar-refractivity contribution < 1.29 is 0 Å². The first-order valence-corrected chi connectivity index (χ1v) is 6.14. The Labute approximate surface area is 94.9 Å². The molecule has 1 fully saturated rings. The van der Waals surface area contributed by atoms with Gasteiger partial charge in [0.05, 0.1) is 5.01 Å². The summed E-state index contributed by atoms with van der Waals surface area (Å²) in [6.07, 6.45) is 1.96. The maximum atomic E-state index is 4.24. The first-order chi connectivity index (χ1) is 7.24. The Hall–Kier alpha value is -0.490. The van der Waals surface area contributed by atoms with E-state index in [0.717, 1.165) is 37.7 Å². The van der Waals surface area contributed by atoms with Gasteiger partial charge in [-0.1, -0.05) is 0 Å². The molecule has 1 aliphatic heterocycles. The van der Waals surface area contributed by atoms with Gasteiger partial charge < -0.3 is 4.90 Å². The second-order valence-electron chi connectivity index (χ2n) is 3.97. The molecule has 1 aliphatic rings. The molecule has 4 nitrogen and oxygen atoms in total. The predicted molar refractivity (Wildman–Crippen MR) is 62.8 cm³/mol. The molecule has 0 saturated carbocycles. The lowest BCUT2D eigenvalue weighted by molar-refractivity contribution is 0.102. The first kappa shape index (κ1) is 11.0. The maximum Gasteiger partial charge on any atom is 0.0897 e. The molecule has 1 aromatic heterocycles. The number of rotatable bonds is 3. The van der Waals surface area contributed by atoms with E-state index in [2.05, 4.69) is 27.4 Å². The molecule has 0 bridgehead atoms. The molecule has 15 heavy (non-hydrogen) atoms. The summed E-state index contributed by atoms with van der Waals surface area (Å²) in [7, 11) is 2.17. The number of aromatic nitrogens is 1. The number of piperazine rings is 1. The largest absolute Gasteiger partial charge is 0.304 e. The van der Waals surface area contributed by atoms with E-state index < -0.39 is 0 Å². The van der Waals surface area contributed by atoms with Crippen LogP contribution in [0.1, 0.15) is 9.88 Å². The third-order valence-corrected chi connectivity index (χ3v) is 3.56. The highest BCUT2D eigenvalue weighted by Crippen LogP contribution is 2.11. The first-order valence-electron chi connectivity index (χ1n) is 5.32. The minimum atomic E-state index is 0.912. The normalized spacial score (nSPS) is 19.6. The number of hydrogen-bond donors (Lipinski definition) is 1. The molecule has 0 aliphatic carbocycles. The van der Waals surface area contributed by atoms with Crippen LogP contribution in [0.25, 0.3) is 0 Å². The maximum absolute atomic E-state index is 4.24. The molecule has 84 valence electrons. The average molecular weight is 226 g/mol. The van der Waals surface area contributed by atoms with Crippen LogP contribution in [0.2, 0.25) is 0 Å². The molecule has 2 heterocycles. The van der Waals surface area contributed by atoms with Gasteiger partial charge in [0.15, 0.2) is 0 Å². The Morgan fingerprint density at radius 1 is 1.40 bits per heavy atom. The number of hydrogen-bond acceptors (Lipinski definition) is 5. The lowest BCUT2D eigenvalue weighted by Crippen LogP contribution is -2.50. The SMILES string of the molecule is Cc1ncc(CNN2CCN(C)CC2)s1. The van der Waals surface area contributed by atoms with Crippen molar-refractivity contribution in [1.82, 2.24) is 20.3 Å². The second kappa shape index (κ2) is 5.03. The molecule has 1 aromatic rings. The zero-order valence-electron chi connectivity index (χ0n) is 9.36. The van der Waals surface area contributed by atoms with Crippen molar-refractivity contribution in [3.63, 3.8) is 0 Å². The molecule has 0 atom stereocenters. The Morgan fingerprint density at radius 3 is 2.73 bits per heavy atom. The van der Waals surface area contributed by atoms with Crippen LogP contribution >= 0.6 is 11.3 Å². The highest BCUT2D eigenvalue weighted by molar-refractivity contribution is 7.11. The van der Waals surface area contributed by atoms with Gasteiger partial charge in [-0.15, -0.1) is 11.3 Å². The highest BCUT2D eigenvalue weighted by Gasteiger charge is 2.12. The third kappa shape index (κ3) is 3.24. The third-order valence-electron chi connectivity index (χ3n) is 2.65. The Kier molecular flexibility index (Phi) is 3.69. The smallest absolute Gasteiger partial charge is 0.0897 e. The standard InChI is InChI=1S/C10H18N4S/c1-9-11-7-10(15-9)8-12-14-5-3-13(2)4-6-14/h7,12H,3-6,8H2,1-2H3. The van der Waals surface area contributed by atoms with E-state index in [4.69, 9.17) is 0 Å². The summed E-state index contributed by atoms with van der Waals surface area (Å²) < 4.78 is 0. The zero-order valence-corrected chi connectivity index (χ0v) is 10.2. The fourth-order valence-electron chi connectivity index (χ4n) is 1.64. The molecule has 0 unspecified atom stereocenters. The number of thiazole rings is 1. The van der Waals surface area contributed by atoms with Crippen LogP contribution in [0.4, 0.5) is 0 Å².